The minimum absolute atomic E-state index is 0. The predicted molar refractivity (Wildman–Crippen MR) is 333 cm³/mol. The Labute approximate surface area is 521 Å². The average molecular weight is 1210 g/mol. The normalized spacial score (nSPS) is 15.7. The third kappa shape index (κ3) is 14.7. The van der Waals surface area contributed by atoms with E-state index in [0.717, 1.165) is 24.3 Å². The standard InChI is InChI=1S/C64H48N8O16.Mg.2H/c1-5-42(69(77)78)33-56(73)85-52-21-13-9-17-46(52)50-31-41-30-39-26-25-37(65-39)29-38-27-28-40(66-38)32-51-60(47-18-10-14-22-53(47)86-57(74)34-43(6-2)70(79)80)61(48-19-11-15-23-54(48)87-58(75)35-44(7-3)71(81)82)64(68-51)62(63(50)67-41)49-20-12-16-24-55(49)88-59(76)36-45(8-4)72(83)84;;;/h5-32,42-45H,1-4,33-36H2;;;. The molecule has 0 spiro atoms. The quantitative estimate of drug-likeness (QED) is 0.0157. The maximum atomic E-state index is 14.1. The number of carbonyl (C=O) groups excluding carboxylic acids is 4. The van der Waals surface area contributed by atoms with Crippen LogP contribution in [0.2, 0.25) is 0 Å². The molecule has 5 aliphatic rings. The van der Waals surface area contributed by atoms with Crippen LogP contribution < -0.4 is 18.9 Å². The third-order valence-corrected chi connectivity index (χ3v) is 13.7. The Morgan fingerprint density at radius 2 is 0.753 bits per heavy atom. The van der Waals surface area contributed by atoms with E-state index in [1.807, 2.05) is 0 Å². The van der Waals surface area contributed by atoms with Crippen LogP contribution in [0.25, 0.3) is 22.3 Å². The lowest BCUT2D eigenvalue weighted by Gasteiger charge is -2.21. The second-order valence-electron chi connectivity index (χ2n) is 19.5. The summed E-state index contributed by atoms with van der Waals surface area (Å²) in [7, 11) is 0. The van der Waals surface area contributed by atoms with Crippen molar-refractivity contribution in [3.63, 3.8) is 0 Å². The number of fused-ring (bicyclic) bond motifs is 4. The van der Waals surface area contributed by atoms with E-state index < -0.39 is 93.4 Å². The van der Waals surface area contributed by atoms with E-state index in [0.29, 0.717) is 22.8 Å². The first-order valence-corrected chi connectivity index (χ1v) is 26.7. The molecule has 4 aromatic carbocycles. The highest BCUT2D eigenvalue weighted by Crippen LogP contribution is 2.51. The highest BCUT2D eigenvalue weighted by atomic mass is 24.3. The summed E-state index contributed by atoms with van der Waals surface area (Å²) >= 11 is 0. The summed E-state index contributed by atoms with van der Waals surface area (Å²) < 4.78 is 24.1. The molecule has 25 heteroatoms. The van der Waals surface area contributed by atoms with Crippen molar-refractivity contribution in [2.24, 2.45) is 20.0 Å². The zero-order valence-corrected chi connectivity index (χ0v) is 46.2. The second-order valence-corrected chi connectivity index (χ2v) is 19.5. The first-order chi connectivity index (χ1) is 42.4. The number of hydrogen-bond donors (Lipinski definition) is 0. The maximum absolute atomic E-state index is 14.1. The molecule has 0 aliphatic carbocycles. The summed E-state index contributed by atoms with van der Waals surface area (Å²) in [6.45, 7) is 14.0. The SMILES string of the molecule is C=CC(CC(=O)Oc1ccccc1C1=CC2=CC3=NC(=CC4=NC(=CC5=NC(=C(c6ccccc6OC(=O)CC(C=C)[N+](=O)[O-])C1=N2)C(c1ccccc1OC(=O)CC(C=C)[N+](=O)[O-])=C5c1ccccc1OC(=O)CC(C=C)[N+](=O)[O-])C=C4)C=C3)[N+](=O)[O-].[MgH2]. The van der Waals surface area contributed by atoms with Gasteiger partial charge in [0.15, 0.2) is 0 Å². The van der Waals surface area contributed by atoms with Crippen LogP contribution in [0.3, 0.4) is 0 Å². The molecule has 24 nitrogen and oxygen atoms in total. The van der Waals surface area contributed by atoms with Gasteiger partial charge in [0.1, 0.15) is 48.7 Å². The van der Waals surface area contributed by atoms with Crippen LogP contribution >= 0.6 is 0 Å². The molecule has 0 amide bonds. The molecule has 0 saturated heterocycles. The summed E-state index contributed by atoms with van der Waals surface area (Å²) in [6.07, 6.45) is 14.3. The first-order valence-electron chi connectivity index (χ1n) is 26.7. The van der Waals surface area contributed by atoms with Gasteiger partial charge < -0.3 is 18.9 Å². The Morgan fingerprint density at radius 3 is 1.15 bits per heavy atom. The number of carbonyl (C=O) groups is 4. The molecule has 0 aromatic heterocycles. The topological polar surface area (TPSA) is 327 Å². The lowest BCUT2D eigenvalue weighted by molar-refractivity contribution is -0.508. The Morgan fingerprint density at radius 1 is 0.416 bits per heavy atom. The number of benzene rings is 4. The molecule has 0 fully saturated rings. The second kappa shape index (κ2) is 28.3. The minimum atomic E-state index is -1.58. The maximum Gasteiger partial charge on any atom is 0.318 e. The summed E-state index contributed by atoms with van der Waals surface area (Å²) in [6, 6.07) is 18.2. The number of hydrogen-bond acceptors (Lipinski definition) is 20. The van der Waals surface area contributed by atoms with Crippen molar-refractivity contribution >= 4 is 92.1 Å². The monoisotopic (exact) mass is 1210 g/mol. The number of esters is 4. The van der Waals surface area contributed by atoms with E-state index in [2.05, 4.69) is 26.3 Å². The summed E-state index contributed by atoms with van der Waals surface area (Å²) in [5.41, 5.74) is 2.46. The molecule has 8 bridgehead atoms. The van der Waals surface area contributed by atoms with Crippen LogP contribution in [0.1, 0.15) is 47.9 Å². The molecule has 4 unspecified atom stereocenters. The summed E-state index contributed by atoms with van der Waals surface area (Å²) in [5, 5.41) is 48.0. The van der Waals surface area contributed by atoms with Gasteiger partial charge in [-0.1, -0.05) is 99.1 Å². The number of ether oxygens (including phenoxy) is 4. The molecule has 89 heavy (non-hydrogen) atoms. The smallest absolute Gasteiger partial charge is 0.318 e. The van der Waals surface area contributed by atoms with E-state index in [1.54, 1.807) is 91.1 Å². The number of aliphatic imine (C=N–C) groups is 4. The average Bonchev–Trinajstić information content (AvgIpc) is 1.72. The van der Waals surface area contributed by atoms with Crippen molar-refractivity contribution in [2.75, 3.05) is 0 Å². The predicted octanol–water partition coefficient (Wildman–Crippen LogP) is 9.28. The number of rotatable bonds is 24. The highest BCUT2D eigenvalue weighted by molar-refractivity contribution is 6.51. The van der Waals surface area contributed by atoms with Gasteiger partial charge in [-0.3, -0.25) is 59.6 Å². The molecule has 0 radical (unpaired) electrons. The molecule has 4 atom stereocenters. The van der Waals surface area contributed by atoms with Gasteiger partial charge in [-0.25, -0.2) is 20.0 Å². The van der Waals surface area contributed by atoms with Crippen LogP contribution in [-0.4, -0.2) is 114 Å². The molecule has 5 heterocycles. The number of allylic oxidation sites excluding steroid dienone is 12. The van der Waals surface area contributed by atoms with Gasteiger partial charge in [0.25, 0.3) is 0 Å². The van der Waals surface area contributed by atoms with Crippen LogP contribution in [0, 0.1) is 40.5 Å². The van der Waals surface area contributed by atoms with Gasteiger partial charge >= 0.3 is 46.9 Å². The fourth-order valence-corrected chi connectivity index (χ4v) is 9.51. The van der Waals surface area contributed by atoms with E-state index >= 15 is 0 Å². The van der Waals surface area contributed by atoms with Gasteiger partial charge in [0.05, 0.1) is 45.6 Å². The van der Waals surface area contributed by atoms with Gasteiger partial charge in [-0.2, -0.15) is 0 Å². The lowest BCUT2D eigenvalue weighted by atomic mass is 9.85. The van der Waals surface area contributed by atoms with Gasteiger partial charge in [0, 0.05) is 64.2 Å². The minimum Gasteiger partial charge on any atom is -0.426 e. The van der Waals surface area contributed by atoms with Crippen LogP contribution in [0.15, 0.2) is 239 Å². The van der Waals surface area contributed by atoms with Crippen molar-refractivity contribution < 1.29 is 57.8 Å². The summed E-state index contributed by atoms with van der Waals surface area (Å²) in [5.74, 6) is -4.90. The largest absolute Gasteiger partial charge is 0.426 e. The molecule has 4 aromatic rings. The zero-order chi connectivity index (χ0) is 62.8. The van der Waals surface area contributed by atoms with Crippen molar-refractivity contribution in [1.82, 2.24) is 0 Å². The Hall–Kier alpha value is -11.3. The molecular weight excluding hydrogens is 1160 g/mol. The molecular formula is C64H50MgN8O16. The molecule has 0 N–H and O–H groups in total. The van der Waals surface area contributed by atoms with Crippen molar-refractivity contribution in [1.29, 1.82) is 0 Å². The number of nitro groups is 4. The Balaban J connectivity index is 0.0000102. The highest BCUT2D eigenvalue weighted by Gasteiger charge is 2.38. The van der Waals surface area contributed by atoms with Crippen LogP contribution in [0.4, 0.5) is 0 Å². The fourth-order valence-electron chi connectivity index (χ4n) is 9.51. The van der Waals surface area contributed by atoms with Crippen LogP contribution in [-0.2, 0) is 19.2 Å². The van der Waals surface area contributed by atoms with Crippen molar-refractivity contribution in [2.45, 2.75) is 49.9 Å². The van der Waals surface area contributed by atoms with Gasteiger partial charge in [-0.05, 0) is 97.2 Å². The molecule has 9 rings (SSSR count). The van der Waals surface area contributed by atoms with Crippen LogP contribution in [0.5, 0.6) is 23.0 Å². The van der Waals surface area contributed by atoms with E-state index in [9.17, 15) is 59.6 Å². The third-order valence-electron chi connectivity index (χ3n) is 13.7. The van der Waals surface area contributed by atoms with Gasteiger partial charge in [0.2, 0.25) is 24.2 Å². The number of nitrogens with zero attached hydrogens (tertiary/aromatic N) is 8. The van der Waals surface area contributed by atoms with E-state index in [4.69, 9.17) is 38.9 Å². The zero-order valence-electron chi connectivity index (χ0n) is 46.2. The Bertz CT molecular complexity index is 4160. The Kier molecular flexibility index (Phi) is 20.2. The number of para-hydroxylation sites is 4. The molecule has 0 saturated carbocycles. The molecule has 5 aliphatic heterocycles. The van der Waals surface area contributed by atoms with E-state index in [-0.39, 0.29) is 113 Å². The van der Waals surface area contributed by atoms with Crippen molar-refractivity contribution in [3.8, 4) is 23.0 Å². The van der Waals surface area contributed by atoms with Crippen molar-refractivity contribution in [3.05, 3.63) is 282 Å². The molecule has 444 valence electrons. The van der Waals surface area contributed by atoms with Gasteiger partial charge in [-0.15, -0.1) is 0 Å². The summed E-state index contributed by atoms with van der Waals surface area (Å²) in [4.78, 5) is 121. The van der Waals surface area contributed by atoms with E-state index in [1.165, 1.54) is 54.6 Å². The first kappa shape index (κ1) is 63.7. The fraction of sp³-hybridized carbons (Fsp3) is 0.125. The lowest BCUT2D eigenvalue weighted by Crippen LogP contribution is -2.24.